The van der Waals surface area contributed by atoms with Gasteiger partial charge in [-0.3, -0.25) is 19.4 Å². The molecule has 1 aromatic carbocycles. The van der Waals surface area contributed by atoms with E-state index in [1.807, 2.05) is 24.3 Å². The van der Waals surface area contributed by atoms with Crippen molar-refractivity contribution in [2.24, 2.45) is 16.8 Å². The van der Waals surface area contributed by atoms with Gasteiger partial charge >= 0.3 is 0 Å². The number of methoxy groups -OCH3 is 1. The standard InChI is InChI=1S/C28H32N6O4/c1-17(6-5-10-30-2)19-13-24(27(36)32-20(15-29)12-18-9-11-31-26(18)35)34(16-19)28(37)23-14-21-22(33-23)7-4-8-25(21)38-3/h4-8,10,14,18-20,24,33H,1,9,11-13,16H2,2-3H3,(H,31,35)(H,32,36)/b6-5-,30-10?/t18?,19-,20+,24+/m1/s1. The van der Waals surface area contributed by atoms with Crippen LogP contribution in [0.2, 0.25) is 0 Å². The van der Waals surface area contributed by atoms with Crippen molar-refractivity contribution in [1.82, 2.24) is 20.5 Å². The number of nitrogens with one attached hydrogen (secondary N) is 3. The summed E-state index contributed by atoms with van der Waals surface area (Å²) in [6, 6.07) is 7.67. The Balaban J connectivity index is 1.57. The quantitative estimate of drug-likeness (QED) is 0.347. The minimum Gasteiger partial charge on any atom is -0.496 e. The number of aliphatic imine (C=N–C) groups is 1. The van der Waals surface area contributed by atoms with Crippen molar-refractivity contribution in [2.45, 2.75) is 31.3 Å². The lowest BCUT2D eigenvalue weighted by atomic mass is 9.96. The molecule has 0 aliphatic carbocycles. The number of rotatable bonds is 9. The van der Waals surface area contributed by atoms with Gasteiger partial charge in [-0.05, 0) is 43.5 Å². The van der Waals surface area contributed by atoms with Gasteiger partial charge in [-0.25, -0.2) is 0 Å². The van der Waals surface area contributed by atoms with Crippen LogP contribution in [0.1, 0.15) is 29.8 Å². The average molecular weight is 517 g/mol. The Kier molecular flexibility index (Phi) is 8.26. The second kappa shape index (κ2) is 11.8. The van der Waals surface area contributed by atoms with Crippen LogP contribution in [0, 0.1) is 23.2 Å². The van der Waals surface area contributed by atoms with E-state index >= 15 is 0 Å². The van der Waals surface area contributed by atoms with Gasteiger partial charge in [-0.1, -0.05) is 24.3 Å². The second-order valence-electron chi connectivity index (χ2n) is 9.55. The van der Waals surface area contributed by atoms with Crippen LogP contribution in [-0.2, 0) is 9.59 Å². The number of nitriles is 1. The molecular formula is C28H32N6O4. The Morgan fingerprint density at radius 2 is 2.24 bits per heavy atom. The molecule has 0 radical (unpaired) electrons. The maximum atomic E-state index is 13.7. The fourth-order valence-corrected chi connectivity index (χ4v) is 5.11. The minimum atomic E-state index is -0.839. The number of fused-ring (bicyclic) bond motifs is 1. The van der Waals surface area contributed by atoms with Gasteiger partial charge in [0.15, 0.2) is 0 Å². The Bertz CT molecular complexity index is 1340. The molecule has 0 saturated carbocycles. The van der Waals surface area contributed by atoms with Crippen molar-refractivity contribution in [3.63, 3.8) is 0 Å². The van der Waals surface area contributed by atoms with Gasteiger partial charge in [0.05, 0.1) is 13.2 Å². The topological polar surface area (TPSA) is 140 Å². The molecule has 38 heavy (non-hydrogen) atoms. The van der Waals surface area contributed by atoms with Crippen molar-refractivity contribution in [1.29, 1.82) is 5.26 Å². The SMILES string of the molecule is C=C(/C=C\C=NC)[C@@H]1C[C@@H](C(=O)N[C@H](C#N)CC2CCNC2=O)N(C(=O)c2cc3c(OC)cccc3[nH]2)C1. The molecule has 10 heteroatoms. The summed E-state index contributed by atoms with van der Waals surface area (Å²) in [5.74, 6) is -0.704. The molecule has 3 heterocycles. The Labute approximate surface area is 221 Å². The first kappa shape index (κ1) is 26.7. The molecule has 10 nitrogen and oxygen atoms in total. The number of carbonyl (C=O) groups excluding carboxylic acids is 3. The van der Waals surface area contributed by atoms with E-state index in [9.17, 15) is 19.6 Å². The van der Waals surface area contributed by atoms with Gasteiger partial charge in [0.25, 0.3) is 5.91 Å². The molecule has 198 valence electrons. The zero-order valence-corrected chi connectivity index (χ0v) is 21.6. The van der Waals surface area contributed by atoms with E-state index in [0.717, 1.165) is 16.5 Å². The smallest absolute Gasteiger partial charge is 0.271 e. The van der Waals surface area contributed by atoms with Crippen molar-refractivity contribution in [3.8, 4) is 11.8 Å². The number of ether oxygens (including phenoxy) is 1. The molecule has 2 saturated heterocycles. The van der Waals surface area contributed by atoms with Crippen LogP contribution in [0.25, 0.3) is 10.9 Å². The van der Waals surface area contributed by atoms with E-state index in [1.54, 1.807) is 32.5 Å². The number of H-pyrrole nitrogens is 1. The fraction of sp³-hybridized carbons (Fsp3) is 0.393. The lowest BCUT2D eigenvalue weighted by Gasteiger charge is -2.25. The number of hydrogen-bond acceptors (Lipinski definition) is 6. The molecular weight excluding hydrogens is 484 g/mol. The first-order valence-electron chi connectivity index (χ1n) is 12.6. The molecule has 2 aromatic rings. The van der Waals surface area contributed by atoms with E-state index in [4.69, 9.17) is 4.74 Å². The summed E-state index contributed by atoms with van der Waals surface area (Å²) in [6.45, 7) is 5.00. The molecule has 0 bridgehead atoms. The van der Waals surface area contributed by atoms with Crippen LogP contribution < -0.4 is 15.4 Å². The van der Waals surface area contributed by atoms with Gasteiger partial charge < -0.3 is 25.3 Å². The van der Waals surface area contributed by atoms with Crippen LogP contribution in [0.5, 0.6) is 5.75 Å². The number of hydrogen-bond donors (Lipinski definition) is 3. The number of allylic oxidation sites excluding steroid dienone is 2. The van der Waals surface area contributed by atoms with Gasteiger partial charge in [-0.2, -0.15) is 5.26 Å². The van der Waals surface area contributed by atoms with E-state index in [2.05, 4.69) is 33.3 Å². The lowest BCUT2D eigenvalue weighted by molar-refractivity contribution is -0.126. The highest BCUT2D eigenvalue weighted by Crippen LogP contribution is 2.32. The van der Waals surface area contributed by atoms with Crippen LogP contribution in [0.4, 0.5) is 0 Å². The number of likely N-dealkylation sites (tertiary alicyclic amines) is 1. The van der Waals surface area contributed by atoms with Crippen molar-refractivity contribution >= 4 is 34.8 Å². The highest BCUT2D eigenvalue weighted by atomic mass is 16.5. The summed E-state index contributed by atoms with van der Waals surface area (Å²) in [5, 5.41) is 16.0. The normalized spacial score (nSPS) is 22.1. The highest BCUT2D eigenvalue weighted by molar-refractivity contribution is 6.02. The van der Waals surface area contributed by atoms with Crippen LogP contribution in [0.15, 0.2) is 53.6 Å². The van der Waals surface area contributed by atoms with Crippen LogP contribution in [0.3, 0.4) is 0 Å². The fourth-order valence-electron chi connectivity index (χ4n) is 5.11. The Morgan fingerprint density at radius 1 is 1.42 bits per heavy atom. The molecule has 2 aliphatic heterocycles. The number of benzene rings is 1. The van der Waals surface area contributed by atoms with E-state index < -0.39 is 18.0 Å². The predicted molar refractivity (Wildman–Crippen MR) is 144 cm³/mol. The summed E-state index contributed by atoms with van der Waals surface area (Å²) in [4.78, 5) is 47.8. The Morgan fingerprint density at radius 3 is 2.92 bits per heavy atom. The van der Waals surface area contributed by atoms with Crippen molar-refractivity contribution in [2.75, 3.05) is 27.2 Å². The second-order valence-corrected chi connectivity index (χ2v) is 9.55. The summed E-state index contributed by atoms with van der Waals surface area (Å²) >= 11 is 0. The first-order chi connectivity index (χ1) is 18.4. The zero-order chi connectivity index (χ0) is 27.2. The van der Waals surface area contributed by atoms with Crippen molar-refractivity contribution in [3.05, 3.63) is 54.3 Å². The molecule has 3 N–H and O–H groups in total. The van der Waals surface area contributed by atoms with E-state index in [0.29, 0.717) is 30.8 Å². The van der Waals surface area contributed by atoms with Gasteiger partial charge in [0.1, 0.15) is 23.5 Å². The molecule has 0 spiro atoms. The third kappa shape index (κ3) is 5.62. The predicted octanol–water partition coefficient (Wildman–Crippen LogP) is 2.35. The number of carbonyl (C=O) groups is 3. The van der Waals surface area contributed by atoms with Gasteiger partial charge in [0.2, 0.25) is 11.8 Å². The molecule has 1 unspecified atom stereocenters. The average Bonchev–Trinajstić information content (AvgIpc) is 3.66. The molecule has 3 amide bonds. The third-order valence-electron chi connectivity index (χ3n) is 7.16. The number of aromatic amines is 1. The molecule has 2 aliphatic rings. The molecule has 4 atom stereocenters. The molecule has 2 fully saturated rings. The van der Waals surface area contributed by atoms with E-state index in [-0.39, 0.29) is 36.6 Å². The zero-order valence-electron chi connectivity index (χ0n) is 21.6. The van der Waals surface area contributed by atoms with Gasteiger partial charge in [-0.15, -0.1) is 0 Å². The molecule has 4 rings (SSSR count). The first-order valence-corrected chi connectivity index (χ1v) is 12.6. The maximum Gasteiger partial charge on any atom is 0.271 e. The summed E-state index contributed by atoms with van der Waals surface area (Å²) in [5.41, 5.74) is 1.85. The minimum absolute atomic E-state index is 0.106. The highest BCUT2D eigenvalue weighted by Gasteiger charge is 2.41. The Hall–Kier alpha value is -4.39. The maximum absolute atomic E-state index is 13.7. The largest absolute Gasteiger partial charge is 0.496 e. The van der Waals surface area contributed by atoms with Gasteiger partial charge in [0, 0.05) is 49.1 Å². The molecule has 1 aromatic heterocycles. The number of aromatic nitrogens is 1. The van der Waals surface area contributed by atoms with E-state index in [1.165, 1.54) is 4.90 Å². The lowest BCUT2D eigenvalue weighted by Crippen LogP contribution is -2.49. The number of amides is 3. The van der Waals surface area contributed by atoms with Crippen molar-refractivity contribution < 1.29 is 19.1 Å². The van der Waals surface area contributed by atoms with Crippen LogP contribution in [-0.4, -0.2) is 73.2 Å². The summed E-state index contributed by atoms with van der Waals surface area (Å²) in [7, 11) is 3.23. The third-order valence-corrected chi connectivity index (χ3v) is 7.16. The summed E-state index contributed by atoms with van der Waals surface area (Å²) < 4.78 is 5.42. The monoisotopic (exact) mass is 516 g/mol. The summed E-state index contributed by atoms with van der Waals surface area (Å²) in [6.07, 6.45) is 6.44. The number of nitrogens with zero attached hydrogens (tertiary/aromatic N) is 3. The van der Waals surface area contributed by atoms with Crippen LogP contribution >= 0.6 is 0 Å².